The summed E-state index contributed by atoms with van der Waals surface area (Å²) < 4.78 is 0. The van der Waals surface area contributed by atoms with Gasteiger partial charge in [-0.05, 0) is 38.3 Å². The van der Waals surface area contributed by atoms with Gasteiger partial charge in [-0.15, -0.1) is 0 Å². The Labute approximate surface area is 123 Å². The number of carbonyl (C=O) groups excluding carboxylic acids is 1. The zero-order valence-electron chi connectivity index (χ0n) is 11.6. The quantitative estimate of drug-likeness (QED) is 0.884. The third-order valence-electron chi connectivity index (χ3n) is 3.82. The SMILES string of the molecule is C[C@H]1CCCCN1C(=O)CSc1nc2ccccc2[nH]1. The van der Waals surface area contributed by atoms with E-state index in [2.05, 4.69) is 16.9 Å². The maximum absolute atomic E-state index is 12.3. The zero-order valence-corrected chi connectivity index (χ0v) is 12.4. The molecule has 106 valence electrons. The molecule has 1 fully saturated rings. The molecule has 20 heavy (non-hydrogen) atoms. The summed E-state index contributed by atoms with van der Waals surface area (Å²) in [7, 11) is 0. The summed E-state index contributed by atoms with van der Waals surface area (Å²) in [5, 5.41) is 0.823. The number of nitrogens with zero attached hydrogens (tertiary/aromatic N) is 2. The van der Waals surface area contributed by atoms with Gasteiger partial charge in [0.25, 0.3) is 0 Å². The topological polar surface area (TPSA) is 49.0 Å². The lowest BCUT2D eigenvalue weighted by Crippen LogP contribution is -2.42. The number of likely N-dealkylation sites (tertiary alicyclic amines) is 1. The van der Waals surface area contributed by atoms with Crippen molar-refractivity contribution in [3.8, 4) is 0 Å². The maximum atomic E-state index is 12.3. The highest BCUT2D eigenvalue weighted by Gasteiger charge is 2.23. The molecule has 1 amide bonds. The predicted molar refractivity (Wildman–Crippen MR) is 81.8 cm³/mol. The third-order valence-corrected chi connectivity index (χ3v) is 4.68. The van der Waals surface area contributed by atoms with Crippen LogP contribution in [0.15, 0.2) is 29.4 Å². The summed E-state index contributed by atoms with van der Waals surface area (Å²) in [6.45, 7) is 3.05. The molecule has 0 aliphatic carbocycles. The molecule has 2 aromatic rings. The van der Waals surface area contributed by atoms with E-state index in [9.17, 15) is 4.79 Å². The van der Waals surface area contributed by atoms with E-state index < -0.39 is 0 Å². The largest absolute Gasteiger partial charge is 0.339 e. The number of carbonyl (C=O) groups is 1. The maximum Gasteiger partial charge on any atom is 0.233 e. The molecular weight excluding hydrogens is 270 g/mol. The molecule has 0 unspecified atom stereocenters. The first-order chi connectivity index (χ1) is 9.74. The van der Waals surface area contributed by atoms with Gasteiger partial charge in [0, 0.05) is 12.6 Å². The minimum atomic E-state index is 0.225. The third kappa shape index (κ3) is 2.82. The van der Waals surface area contributed by atoms with Crippen LogP contribution in [0.1, 0.15) is 26.2 Å². The van der Waals surface area contributed by atoms with E-state index in [1.165, 1.54) is 18.2 Å². The lowest BCUT2D eigenvalue weighted by molar-refractivity contribution is -0.131. The van der Waals surface area contributed by atoms with Gasteiger partial charge < -0.3 is 9.88 Å². The molecule has 1 atom stereocenters. The number of amides is 1. The van der Waals surface area contributed by atoms with Crippen molar-refractivity contribution in [3.63, 3.8) is 0 Å². The Hall–Kier alpha value is -1.49. The van der Waals surface area contributed by atoms with Gasteiger partial charge in [0.15, 0.2) is 5.16 Å². The smallest absolute Gasteiger partial charge is 0.233 e. The Balaban J connectivity index is 1.62. The summed E-state index contributed by atoms with van der Waals surface area (Å²) in [5.74, 6) is 0.687. The molecule has 1 saturated heterocycles. The first-order valence-corrected chi connectivity index (χ1v) is 8.09. The molecule has 0 bridgehead atoms. The summed E-state index contributed by atoms with van der Waals surface area (Å²) in [6, 6.07) is 8.31. The average molecular weight is 289 g/mol. The lowest BCUT2D eigenvalue weighted by Gasteiger charge is -2.33. The summed E-state index contributed by atoms with van der Waals surface area (Å²) in [5.41, 5.74) is 1.97. The van der Waals surface area contributed by atoms with Crippen LogP contribution in [0.25, 0.3) is 11.0 Å². The number of imidazole rings is 1. The highest BCUT2D eigenvalue weighted by Crippen LogP contribution is 2.22. The zero-order chi connectivity index (χ0) is 13.9. The van der Waals surface area contributed by atoms with Crippen LogP contribution in [-0.4, -0.2) is 39.1 Å². The second kappa shape index (κ2) is 5.87. The van der Waals surface area contributed by atoms with Crippen molar-refractivity contribution >= 4 is 28.7 Å². The van der Waals surface area contributed by atoms with Crippen molar-refractivity contribution in [2.45, 2.75) is 37.4 Å². The Morgan fingerprint density at radius 3 is 3.10 bits per heavy atom. The van der Waals surface area contributed by atoms with Gasteiger partial charge in [-0.2, -0.15) is 0 Å². The molecular formula is C15H19N3OS. The van der Waals surface area contributed by atoms with Gasteiger partial charge in [-0.3, -0.25) is 4.79 Å². The lowest BCUT2D eigenvalue weighted by atomic mass is 10.0. The van der Waals surface area contributed by atoms with Crippen LogP contribution >= 0.6 is 11.8 Å². The molecule has 1 N–H and O–H groups in total. The molecule has 4 nitrogen and oxygen atoms in total. The number of nitrogens with one attached hydrogen (secondary N) is 1. The van der Waals surface area contributed by atoms with E-state index in [0.717, 1.165) is 35.6 Å². The Morgan fingerprint density at radius 1 is 1.45 bits per heavy atom. The first kappa shape index (κ1) is 13.5. The standard InChI is InChI=1S/C15H19N3OS/c1-11-6-4-5-9-18(11)14(19)10-20-15-16-12-7-2-3-8-13(12)17-15/h2-3,7-8,11H,4-6,9-10H2,1H3,(H,16,17)/t11-/m0/s1. The van der Waals surface area contributed by atoms with Crippen molar-refractivity contribution < 1.29 is 4.79 Å². The van der Waals surface area contributed by atoms with Crippen molar-refractivity contribution in [1.29, 1.82) is 0 Å². The van der Waals surface area contributed by atoms with Crippen molar-refractivity contribution in [1.82, 2.24) is 14.9 Å². The van der Waals surface area contributed by atoms with Crippen LogP contribution in [0.5, 0.6) is 0 Å². The summed E-state index contributed by atoms with van der Waals surface area (Å²) in [6.07, 6.45) is 3.49. The minimum Gasteiger partial charge on any atom is -0.339 e. The van der Waals surface area contributed by atoms with Crippen LogP contribution in [0, 0.1) is 0 Å². The van der Waals surface area contributed by atoms with E-state index in [1.807, 2.05) is 29.2 Å². The fourth-order valence-corrected chi connectivity index (χ4v) is 3.45. The van der Waals surface area contributed by atoms with Crippen molar-refractivity contribution in [3.05, 3.63) is 24.3 Å². The number of thioether (sulfide) groups is 1. The monoisotopic (exact) mass is 289 g/mol. The van der Waals surface area contributed by atoms with Crippen LogP contribution in [-0.2, 0) is 4.79 Å². The predicted octanol–water partition coefficient (Wildman–Crippen LogP) is 3.06. The second-order valence-corrected chi connectivity index (χ2v) is 6.24. The molecule has 0 saturated carbocycles. The molecule has 3 rings (SSSR count). The summed E-state index contributed by atoms with van der Waals surface area (Å²) in [4.78, 5) is 22.0. The fourth-order valence-electron chi connectivity index (χ4n) is 2.68. The van der Waals surface area contributed by atoms with Gasteiger partial charge in [-0.1, -0.05) is 23.9 Å². The van der Waals surface area contributed by atoms with Gasteiger partial charge >= 0.3 is 0 Å². The molecule has 0 radical (unpaired) electrons. The van der Waals surface area contributed by atoms with Crippen LogP contribution in [0.2, 0.25) is 0 Å². The minimum absolute atomic E-state index is 0.225. The number of para-hydroxylation sites is 2. The molecule has 5 heteroatoms. The first-order valence-electron chi connectivity index (χ1n) is 7.11. The van der Waals surface area contributed by atoms with Crippen LogP contribution < -0.4 is 0 Å². The number of hydrogen-bond acceptors (Lipinski definition) is 3. The normalized spacial score (nSPS) is 19.4. The van der Waals surface area contributed by atoms with Crippen LogP contribution in [0.4, 0.5) is 0 Å². The highest BCUT2D eigenvalue weighted by atomic mass is 32.2. The number of hydrogen-bond donors (Lipinski definition) is 1. The number of piperidine rings is 1. The van der Waals surface area contributed by atoms with Gasteiger partial charge in [0.1, 0.15) is 0 Å². The van der Waals surface area contributed by atoms with Crippen LogP contribution in [0.3, 0.4) is 0 Å². The van der Waals surface area contributed by atoms with E-state index in [0.29, 0.717) is 11.8 Å². The van der Waals surface area contributed by atoms with Gasteiger partial charge in [0.05, 0.1) is 16.8 Å². The number of benzene rings is 1. The van der Waals surface area contributed by atoms with E-state index in [1.54, 1.807) is 0 Å². The van der Waals surface area contributed by atoms with E-state index in [-0.39, 0.29) is 5.91 Å². The van der Waals surface area contributed by atoms with Crippen molar-refractivity contribution in [2.75, 3.05) is 12.3 Å². The Kier molecular flexibility index (Phi) is 3.96. The highest BCUT2D eigenvalue weighted by molar-refractivity contribution is 7.99. The second-order valence-electron chi connectivity index (χ2n) is 5.28. The summed E-state index contributed by atoms with van der Waals surface area (Å²) >= 11 is 1.49. The van der Waals surface area contributed by atoms with E-state index >= 15 is 0 Å². The number of H-pyrrole nitrogens is 1. The number of fused-ring (bicyclic) bond motifs is 1. The Bertz CT molecular complexity index is 577. The number of aromatic amines is 1. The molecule has 1 aliphatic heterocycles. The van der Waals surface area contributed by atoms with Gasteiger partial charge in [0.2, 0.25) is 5.91 Å². The van der Waals surface area contributed by atoms with E-state index in [4.69, 9.17) is 0 Å². The molecule has 1 aliphatic rings. The molecule has 0 spiro atoms. The number of rotatable bonds is 3. The number of aromatic nitrogens is 2. The molecule has 2 heterocycles. The molecule has 1 aromatic heterocycles. The molecule has 1 aromatic carbocycles. The average Bonchev–Trinajstić information content (AvgIpc) is 2.88. The fraction of sp³-hybridized carbons (Fsp3) is 0.467. The Morgan fingerprint density at radius 2 is 2.30 bits per heavy atom. The van der Waals surface area contributed by atoms with Crippen molar-refractivity contribution in [2.24, 2.45) is 0 Å². The van der Waals surface area contributed by atoms with Gasteiger partial charge in [-0.25, -0.2) is 4.98 Å².